The summed E-state index contributed by atoms with van der Waals surface area (Å²) in [6, 6.07) is 16.7. The zero-order valence-electron chi connectivity index (χ0n) is 22.1. The van der Waals surface area contributed by atoms with Crippen molar-refractivity contribution in [3.05, 3.63) is 71.8 Å². The van der Waals surface area contributed by atoms with E-state index in [1.165, 1.54) is 11.8 Å². The number of nitrogens with zero attached hydrogens (tertiary/aromatic N) is 1. The van der Waals surface area contributed by atoms with Gasteiger partial charge in [-0.25, -0.2) is 0 Å². The lowest BCUT2D eigenvalue weighted by Gasteiger charge is -2.53. The van der Waals surface area contributed by atoms with E-state index in [0.717, 1.165) is 0 Å². The number of benzene rings is 2. The van der Waals surface area contributed by atoms with Crippen molar-refractivity contribution in [3.8, 4) is 0 Å². The second kappa shape index (κ2) is 11.8. The Morgan fingerprint density at radius 1 is 1.02 bits per heavy atom. The van der Waals surface area contributed by atoms with Gasteiger partial charge in [0.25, 0.3) is 11.8 Å². The van der Waals surface area contributed by atoms with Gasteiger partial charge in [0.2, 0.25) is 0 Å². The van der Waals surface area contributed by atoms with Crippen LogP contribution < -0.4 is 10.6 Å². The molecule has 5 rings (SSSR count). The third-order valence-electron chi connectivity index (χ3n) is 8.09. The van der Waals surface area contributed by atoms with Crippen LogP contribution in [-0.2, 0) is 9.53 Å². The lowest BCUT2D eigenvalue weighted by atomic mass is 9.61. The van der Waals surface area contributed by atoms with E-state index in [9.17, 15) is 24.7 Å². The second-order valence-electron chi connectivity index (χ2n) is 10.3. The summed E-state index contributed by atoms with van der Waals surface area (Å²) in [5.41, 5.74) is -1.91. The number of hydrogen-bond donors (Lipinski definition) is 4. The number of ether oxygens (including phenoxy) is 1. The van der Waals surface area contributed by atoms with Gasteiger partial charge in [0.1, 0.15) is 11.1 Å². The van der Waals surface area contributed by atoms with Crippen LogP contribution >= 0.6 is 23.5 Å². The molecule has 11 heteroatoms. The van der Waals surface area contributed by atoms with Crippen LogP contribution in [0.5, 0.6) is 0 Å². The van der Waals surface area contributed by atoms with E-state index >= 15 is 0 Å². The smallest absolute Gasteiger partial charge is 0.305 e. The summed E-state index contributed by atoms with van der Waals surface area (Å²) in [7, 11) is 0. The molecule has 6 unspecified atom stereocenters. The lowest BCUT2D eigenvalue weighted by Crippen LogP contribution is -2.80. The molecule has 1 aliphatic carbocycles. The van der Waals surface area contributed by atoms with Crippen LogP contribution in [0.4, 0.5) is 0 Å². The minimum absolute atomic E-state index is 0.164. The predicted octanol–water partition coefficient (Wildman–Crippen LogP) is 3.11. The van der Waals surface area contributed by atoms with Gasteiger partial charge in [-0.1, -0.05) is 41.6 Å². The normalized spacial score (nSPS) is 31.4. The molecule has 2 saturated heterocycles. The first-order valence-corrected chi connectivity index (χ1v) is 15.5. The van der Waals surface area contributed by atoms with Gasteiger partial charge in [-0.3, -0.25) is 14.4 Å². The van der Waals surface area contributed by atoms with Gasteiger partial charge in [-0.05, 0) is 49.9 Å². The largest absolute Gasteiger partial charge is 0.466 e. The summed E-state index contributed by atoms with van der Waals surface area (Å²) in [5, 5.41) is 32.3. The van der Waals surface area contributed by atoms with Gasteiger partial charge in [0.15, 0.2) is 0 Å². The average Bonchev–Trinajstić information content (AvgIpc) is 3.48. The van der Waals surface area contributed by atoms with Gasteiger partial charge in [0.05, 0.1) is 23.6 Å². The number of nitrogens with one attached hydrogen (secondary N) is 2. The average molecular weight is 584 g/mol. The second-order valence-corrected chi connectivity index (χ2v) is 12.6. The van der Waals surface area contributed by atoms with Crippen molar-refractivity contribution in [2.75, 3.05) is 18.1 Å². The van der Waals surface area contributed by atoms with Gasteiger partial charge in [0, 0.05) is 34.3 Å². The van der Waals surface area contributed by atoms with Gasteiger partial charge < -0.3 is 25.7 Å². The number of esters is 1. The molecule has 2 aromatic rings. The summed E-state index contributed by atoms with van der Waals surface area (Å²) in [5.74, 6) is -0.494. The number of carbonyl (C=O) groups excluding carboxylic acids is 3. The first kappa shape index (κ1) is 28.5. The number of aliphatic hydroxyl groups is 1. The molecular formula is C29H33N3O6S2. The highest BCUT2D eigenvalue weighted by Crippen LogP contribution is 2.59. The van der Waals surface area contributed by atoms with Crippen molar-refractivity contribution in [1.82, 2.24) is 10.6 Å². The standard InChI is InChI=1S/C29H33N3O6S2/c1-2-38-22(33)15-9-14-20-23-24(32-37)28(17-40-23,31-27(35)19-12-7-4-8-13-19)29(36)21(16-39-25(20)29)30-26(34)18-10-5-3-6-11-18/h3-8,10-13,20-21,23,25,36-37H,2,9,14-17H2,1H3,(H,30,34)(H,31,35)/b32-24+. The van der Waals surface area contributed by atoms with E-state index in [2.05, 4.69) is 15.8 Å². The van der Waals surface area contributed by atoms with E-state index in [0.29, 0.717) is 42.0 Å². The maximum Gasteiger partial charge on any atom is 0.305 e. The summed E-state index contributed by atoms with van der Waals surface area (Å²) < 4.78 is 5.09. The van der Waals surface area contributed by atoms with Crippen LogP contribution in [0.25, 0.3) is 0 Å². The van der Waals surface area contributed by atoms with E-state index in [4.69, 9.17) is 4.74 Å². The SMILES string of the molecule is CCOC(=O)CCCC1C2SCC(NC(=O)c3ccccc3)(/C2=N/O)C2(O)C(NC(=O)c3ccccc3)CSC12. The highest BCUT2D eigenvalue weighted by molar-refractivity contribution is 8.02. The summed E-state index contributed by atoms with van der Waals surface area (Å²) >= 11 is 3.07. The Labute approximate surface area is 241 Å². The number of carbonyl (C=O) groups is 3. The van der Waals surface area contributed by atoms with Crippen LogP contribution in [0, 0.1) is 5.92 Å². The van der Waals surface area contributed by atoms with E-state index < -0.39 is 28.3 Å². The Kier molecular flexibility index (Phi) is 8.44. The number of oxime groups is 1. The van der Waals surface area contributed by atoms with Crippen LogP contribution in [0.3, 0.4) is 0 Å². The minimum atomic E-state index is -1.66. The van der Waals surface area contributed by atoms with E-state index in [1.807, 2.05) is 12.1 Å². The van der Waals surface area contributed by atoms with Crippen molar-refractivity contribution >= 4 is 47.0 Å². The molecule has 212 valence electrons. The molecule has 3 fully saturated rings. The summed E-state index contributed by atoms with van der Waals surface area (Å²) in [6.45, 7) is 2.08. The molecular weight excluding hydrogens is 550 g/mol. The Balaban J connectivity index is 1.50. The number of rotatable bonds is 9. The summed E-state index contributed by atoms with van der Waals surface area (Å²) in [4.78, 5) is 38.8. The fourth-order valence-corrected chi connectivity index (χ4v) is 10.1. The monoisotopic (exact) mass is 583 g/mol. The van der Waals surface area contributed by atoms with E-state index in [1.54, 1.807) is 67.2 Å². The topological polar surface area (TPSA) is 137 Å². The Morgan fingerprint density at radius 3 is 2.30 bits per heavy atom. The van der Waals surface area contributed by atoms with Crippen LogP contribution in [-0.4, -0.2) is 79.6 Å². The Hall–Kier alpha value is -3.02. The molecule has 2 bridgehead atoms. The molecule has 1 saturated carbocycles. The van der Waals surface area contributed by atoms with Crippen molar-refractivity contribution in [2.24, 2.45) is 11.1 Å². The fraction of sp³-hybridized carbons (Fsp3) is 0.448. The number of thioether (sulfide) groups is 2. The van der Waals surface area contributed by atoms with Crippen molar-refractivity contribution < 1.29 is 29.4 Å². The first-order valence-electron chi connectivity index (χ1n) is 13.4. The molecule has 40 heavy (non-hydrogen) atoms. The first-order chi connectivity index (χ1) is 19.4. The third-order valence-corrected chi connectivity index (χ3v) is 11.2. The van der Waals surface area contributed by atoms with Crippen LogP contribution in [0.15, 0.2) is 65.8 Å². The maximum atomic E-state index is 13.5. The van der Waals surface area contributed by atoms with E-state index in [-0.39, 0.29) is 35.2 Å². The number of amides is 2. The van der Waals surface area contributed by atoms with Gasteiger partial charge in [-0.15, -0.1) is 11.8 Å². The molecule has 6 atom stereocenters. The molecule has 2 aliphatic heterocycles. The predicted molar refractivity (Wildman–Crippen MR) is 155 cm³/mol. The fourth-order valence-electron chi connectivity index (χ4n) is 6.26. The number of fused-ring (bicyclic) bond motifs is 4. The molecule has 2 heterocycles. The molecule has 3 aliphatic rings. The highest BCUT2D eigenvalue weighted by Gasteiger charge is 2.75. The summed E-state index contributed by atoms with van der Waals surface area (Å²) in [6.07, 6.45) is 1.36. The highest BCUT2D eigenvalue weighted by atomic mass is 32.2. The zero-order valence-corrected chi connectivity index (χ0v) is 23.7. The van der Waals surface area contributed by atoms with Crippen molar-refractivity contribution in [3.63, 3.8) is 0 Å². The van der Waals surface area contributed by atoms with Crippen molar-refractivity contribution in [1.29, 1.82) is 0 Å². The zero-order chi connectivity index (χ0) is 28.3. The van der Waals surface area contributed by atoms with Crippen LogP contribution in [0.2, 0.25) is 0 Å². The minimum Gasteiger partial charge on any atom is -0.466 e. The molecule has 4 N–H and O–H groups in total. The molecule has 0 radical (unpaired) electrons. The van der Waals surface area contributed by atoms with Crippen molar-refractivity contribution in [2.45, 2.75) is 53.9 Å². The molecule has 0 aromatic heterocycles. The Bertz CT molecular complexity index is 1280. The third kappa shape index (κ3) is 4.88. The molecule has 2 amide bonds. The quantitative estimate of drug-likeness (QED) is 0.201. The van der Waals surface area contributed by atoms with Gasteiger partial charge >= 0.3 is 5.97 Å². The lowest BCUT2D eigenvalue weighted by molar-refractivity contribution is -0.143. The molecule has 2 aromatic carbocycles. The van der Waals surface area contributed by atoms with Gasteiger partial charge in [-0.2, -0.15) is 11.8 Å². The molecule has 9 nitrogen and oxygen atoms in total. The number of hydrogen-bond acceptors (Lipinski definition) is 9. The van der Waals surface area contributed by atoms with Crippen LogP contribution in [0.1, 0.15) is 46.9 Å². The molecule has 0 spiro atoms. The Morgan fingerprint density at radius 2 is 1.68 bits per heavy atom. The maximum absolute atomic E-state index is 13.5.